The zero-order chi connectivity index (χ0) is 17.2. The maximum Gasteiger partial charge on any atom is 0.376 e. The largest absolute Gasteiger partial charge is 0.463 e. The Morgan fingerprint density at radius 3 is 2.68 bits per heavy atom. The van der Waals surface area contributed by atoms with E-state index in [2.05, 4.69) is 29.7 Å². The summed E-state index contributed by atoms with van der Waals surface area (Å²) in [5.74, 6) is 1.24. The van der Waals surface area contributed by atoms with Crippen LogP contribution in [-0.2, 0) is 4.74 Å². The van der Waals surface area contributed by atoms with Crippen LogP contribution in [0.2, 0.25) is 0 Å². The fourth-order valence-corrected chi connectivity index (χ4v) is 3.69. The molecule has 0 radical (unpaired) electrons. The molecule has 1 aliphatic heterocycles. The molecule has 9 heteroatoms. The lowest BCUT2D eigenvalue weighted by atomic mass is 10.3. The Hall–Kier alpha value is -2.81. The van der Waals surface area contributed by atoms with Gasteiger partial charge in [-0.1, -0.05) is 0 Å². The van der Waals surface area contributed by atoms with Crippen molar-refractivity contribution in [2.24, 2.45) is 0 Å². The topological polar surface area (TPSA) is 84.3 Å². The molecule has 4 rings (SSSR count). The molecule has 25 heavy (non-hydrogen) atoms. The van der Waals surface area contributed by atoms with Gasteiger partial charge in [-0.05, 0) is 11.4 Å². The van der Waals surface area contributed by atoms with Crippen molar-refractivity contribution in [3.8, 4) is 0 Å². The SMILES string of the molecule is COC(=O)c1nc(N2CCN(c3cnccn3)CC2)c2sccc2n1. The second kappa shape index (κ2) is 6.60. The Morgan fingerprint density at radius 1 is 1.16 bits per heavy atom. The van der Waals surface area contributed by atoms with E-state index in [1.54, 1.807) is 29.9 Å². The minimum atomic E-state index is -0.521. The van der Waals surface area contributed by atoms with Crippen molar-refractivity contribution >= 4 is 39.2 Å². The van der Waals surface area contributed by atoms with E-state index in [0.717, 1.165) is 48.0 Å². The number of anilines is 2. The lowest BCUT2D eigenvalue weighted by Crippen LogP contribution is -2.47. The van der Waals surface area contributed by atoms with Crippen LogP contribution in [0.25, 0.3) is 10.2 Å². The summed E-state index contributed by atoms with van der Waals surface area (Å²) in [4.78, 5) is 33.5. The third-order valence-electron chi connectivity index (χ3n) is 4.11. The third-order valence-corrected chi connectivity index (χ3v) is 5.01. The molecule has 0 unspecified atom stereocenters. The van der Waals surface area contributed by atoms with Gasteiger partial charge in [-0.2, -0.15) is 0 Å². The van der Waals surface area contributed by atoms with Gasteiger partial charge < -0.3 is 14.5 Å². The molecule has 3 aromatic heterocycles. The van der Waals surface area contributed by atoms with Crippen LogP contribution in [-0.4, -0.2) is 59.2 Å². The van der Waals surface area contributed by atoms with E-state index in [9.17, 15) is 4.79 Å². The smallest absolute Gasteiger partial charge is 0.376 e. The van der Waals surface area contributed by atoms with Gasteiger partial charge in [0.25, 0.3) is 0 Å². The van der Waals surface area contributed by atoms with Crippen molar-refractivity contribution in [2.75, 3.05) is 43.1 Å². The van der Waals surface area contributed by atoms with Gasteiger partial charge in [0.15, 0.2) is 5.82 Å². The van der Waals surface area contributed by atoms with Crippen LogP contribution in [0, 0.1) is 0 Å². The fourth-order valence-electron chi connectivity index (χ4n) is 2.85. The second-order valence-electron chi connectivity index (χ2n) is 5.54. The van der Waals surface area contributed by atoms with Crippen molar-refractivity contribution in [3.63, 3.8) is 0 Å². The van der Waals surface area contributed by atoms with Crippen LogP contribution in [0.4, 0.5) is 11.6 Å². The Bertz CT molecular complexity index is 892. The molecule has 3 aromatic rings. The number of piperazine rings is 1. The summed E-state index contributed by atoms with van der Waals surface area (Å²) < 4.78 is 5.76. The maximum atomic E-state index is 11.9. The van der Waals surface area contributed by atoms with E-state index < -0.39 is 5.97 Å². The molecule has 0 amide bonds. The molecule has 0 saturated carbocycles. The number of methoxy groups -OCH3 is 1. The summed E-state index contributed by atoms with van der Waals surface area (Å²) in [5.41, 5.74) is 0.770. The van der Waals surface area contributed by atoms with Gasteiger partial charge in [-0.15, -0.1) is 11.3 Å². The number of carbonyl (C=O) groups excluding carboxylic acids is 1. The van der Waals surface area contributed by atoms with Crippen molar-refractivity contribution < 1.29 is 9.53 Å². The van der Waals surface area contributed by atoms with Crippen molar-refractivity contribution in [1.29, 1.82) is 0 Å². The summed E-state index contributed by atoms with van der Waals surface area (Å²) in [5, 5.41) is 1.96. The molecule has 0 aliphatic carbocycles. The average molecular weight is 356 g/mol. The normalized spacial score (nSPS) is 14.8. The van der Waals surface area contributed by atoms with E-state index in [1.807, 2.05) is 11.4 Å². The average Bonchev–Trinajstić information content (AvgIpc) is 3.16. The summed E-state index contributed by atoms with van der Waals surface area (Å²) in [6.07, 6.45) is 5.14. The van der Waals surface area contributed by atoms with E-state index in [1.165, 1.54) is 7.11 Å². The molecule has 0 atom stereocenters. The number of nitrogens with zero attached hydrogens (tertiary/aromatic N) is 6. The third kappa shape index (κ3) is 2.98. The second-order valence-corrected chi connectivity index (χ2v) is 6.45. The van der Waals surface area contributed by atoms with Gasteiger partial charge in [0.1, 0.15) is 5.82 Å². The summed E-state index contributed by atoms with van der Waals surface area (Å²) in [6.45, 7) is 3.18. The van der Waals surface area contributed by atoms with Crippen molar-refractivity contribution in [2.45, 2.75) is 0 Å². The van der Waals surface area contributed by atoms with Gasteiger partial charge in [0.05, 0.1) is 23.5 Å². The molecular formula is C16H16N6O2S. The lowest BCUT2D eigenvalue weighted by Gasteiger charge is -2.36. The number of rotatable bonds is 3. The first kappa shape index (κ1) is 15.7. The highest BCUT2D eigenvalue weighted by Crippen LogP contribution is 2.30. The summed E-state index contributed by atoms with van der Waals surface area (Å²) >= 11 is 1.58. The molecular weight excluding hydrogens is 340 g/mol. The number of thiophene rings is 1. The Balaban J connectivity index is 1.60. The molecule has 0 aromatic carbocycles. The van der Waals surface area contributed by atoms with Gasteiger partial charge >= 0.3 is 5.97 Å². The molecule has 1 aliphatic rings. The number of esters is 1. The minimum Gasteiger partial charge on any atom is -0.463 e. The van der Waals surface area contributed by atoms with Crippen LogP contribution in [0.15, 0.2) is 30.0 Å². The molecule has 8 nitrogen and oxygen atoms in total. The van der Waals surface area contributed by atoms with Crippen LogP contribution in [0.5, 0.6) is 0 Å². The van der Waals surface area contributed by atoms with Crippen molar-refractivity contribution in [1.82, 2.24) is 19.9 Å². The first-order chi connectivity index (χ1) is 12.3. The van der Waals surface area contributed by atoms with Crippen LogP contribution in [0.3, 0.4) is 0 Å². The quantitative estimate of drug-likeness (QED) is 0.654. The highest BCUT2D eigenvalue weighted by atomic mass is 32.1. The Morgan fingerprint density at radius 2 is 1.96 bits per heavy atom. The molecule has 0 spiro atoms. The summed E-state index contributed by atoms with van der Waals surface area (Å²) in [7, 11) is 1.34. The Labute approximate surface area is 148 Å². The zero-order valence-electron chi connectivity index (χ0n) is 13.6. The van der Waals surface area contributed by atoms with E-state index in [-0.39, 0.29) is 5.82 Å². The van der Waals surface area contributed by atoms with Gasteiger partial charge in [-0.25, -0.2) is 19.7 Å². The number of hydrogen-bond acceptors (Lipinski definition) is 9. The number of hydrogen-bond donors (Lipinski definition) is 0. The lowest BCUT2D eigenvalue weighted by molar-refractivity contribution is 0.0587. The van der Waals surface area contributed by atoms with Crippen LogP contribution < -0.4 is 9.80 Å². The molecule has 1 saturated heterocycles. The summed E-state index contributed by atoms with van der Waals surface area (Å²) in [6, 6.07) is 1.90. The Kier molecular flexibility index (Phi) is 4.14. The standard InChI is InChI=1S/C16H16N6O2S/c1-24-16(23)14-19-11-2-9-25-13(11)15(20-14)22-7-5-21(6-8-22)12-10-17-3-4-18-12/h2-4,9-10H,5-8H2,1H3. The van der Waals surface area contributed by atoms with E-state index >= 15 is 0 Å². The molecule has 1 fully saturated rings. The van der Waals surface area contributed by atoms with Crippen molar-refractivity contribution in [3.05, 3.63) is 35.9 Å². The highest BCUT2D eigenvalue weighted by Gasteiger charge is 2.23. The first-order valence-corrected chi connectivity index (χ1v) is 8.73. The van der Waals surface area contributed by atoms with Crippen LogP contribution in [0.1, 0.15) is 10.6 Å². The highest BCUT2D eigenvalue weighted by molar-refractivity contribution is 7.17. The first-order valence-electron chi connectivity index (χ1n) is 7.86. The van der Waals surface area contributed by atoms with E-state index in [0.29, 0.717) is 0 Å². The zero-order valence-corrected chi connectivity index (χ0v) is 14.4. The fraction of sp³-hybridized carbons (Fsp3) is 0.312. The number of ether oxygens (including phenoxy) is 1. The van der Waals surface area contributed by atoms with Gasteiger partial charge in [0, 0.05) is 38.6 Å². The molecule has 0 bridgehead atoms. The van der Waals surface area contributed by atoms with Crippen LogP contribution >= 0.6 is 11.3 Å². The predicted molar refractivity (Wildman–Crippen MR) is 95.2 cm³/mol. The minimum absolute atomic E-state index is 0.0970. The molecule has 4 heterocycles. The predicted octanol–water partition coefficient (Wildman–Crippen LogP) is 1.59. The van der Waals surface area contributed by atoms with Gasteiger partial charge in [0.2, 0.25) is 5.82 Å². The molecule has 128 valence electrons. The number of fused-ring (bicyclic) bond motifs is 1. The number of carbonyl (C=O) groups is 1. The molecule has 0 N–H and O–H groups in total. The number of aromatic nitrogens is 4. The maximum absolute atomic E-state index is 11.9. The monoisotopic (exact) mass is 356 g/mol. The van der Waals surface area contributed by atoms with E-state index in [4.69, 9.17) is 4.74 Å². The van der Waals surface area contributed by atoms with Gasteiger partial charge in [-0.3, -0.25) is 4.98 Å².